The molecule has 2 aliphatic rings. The number of alkyl carbamates (subject to hydrolysis) is 2. The van der Waals surface area contributed by atoms with Gasteiger partial charge in [0.1, 0.15) is 48.9 Å². The van der Waals surface area contributed by atoms with Crippen molar-refractivity contribution in [2.24, 2.45) is 11.8 Å². The van der Waals surface area contributed by atoms with Crippen molar-refractivity contribution in [3.63, 3.8) is 0 Å². The Morgan fingerprint density at radius 2 is 1.21 bits per heavy atom. The molecule has 7 rings (SSSR count). The third-order valence-corrected chi connectivity index (χ3v) is 11.8. The zero-order valence-corrected chi connectivity index (χ0v) is 36.3. The van der Waals surface area contributed by atoms with Crippen molar-refractivity contribution < 1.29 is 38.1 Å². The van der Waals surface area contributed by atoms with E-state index in [1.165, 1.54) is 14.2 Å². The minimum Gasteiger partial charge on any atom is -0.488 e. The summed E-state index contributed by atoms with van der Waals surface area (Å²) in [6.45, 7) is 13.0. The van der Waals surface area contributed by atoms with Crippen molar-refractivity contribution in [1.29, 1.82) is 0 Å². The average Bonchev–Trinajstić information content (AvgIpc) is 3.97. The minimum atomic E-state index is -0.957. The summed E-state index contributed by atoms with van der Waals surface area (Å²) in [5.74, 6) is 2.41. The predicted molar refractivity (Wildman–Crippen MR) is 231 cm³/mol. The highest BCUT2D eigenvalue weighted by Gasteiger charge is 2.34. The molecule has 2 aliphatic heterocycles. The number of H-pyrrole nitrogens is 2. The van der Waals surface area contributed by atoms with Gasteiger partial charge in [0.25, 0.3) is 5.91 Å². The molecule has 2 aromatic heterocycles. The molecule has 16 heteroatoms. The van der Waals surface area contributed by atoms with Gasteiger partial charge < -0.3 is 49.3 Å². The number of rotatable bonds is 15. The summed E-state index contributed by atoms with van der Waals surface area (Å²) in [5.41, 5.74) is 7.79. The fourth-order valence-electron chi connectivity index (χ4n) is 7.69. The molecule has 4 amide bonds. The molecular formula is C46H54N8O8. The van der Waals surface area contributed by atoms with Crippen molar-refractivity contribution in [3.8, 4) is 45.1 Å². The van der Waals surface area contributed by atoms with Crippen LogP contribution in [0.25, 0.3) is 33.6 Å². The number of carbonyl (C=O) groups excluding carboxylic acids is 4. The number of aromatic nitrogens is 4. The number of amides is 4. The van der Waals surface area contributed by atoms with Gasteiger partial charge in [-0.25, -0.2) is 19.6 Å². The van der Waals surface area contributed by atoms with E-state index in [9.17, 15) is 19.2 Å². The Morgan fingerprint density at radius 1 is 0.710 bits per heavy atom. The van der Waals surface area contributed by atoms with Gasteiger partial charge in [0, 0.05) is 45.5 Å². The van der Waals surface area contributed by atoms with Gasteiger partial charge in [0.05, 0.1) is 51.1 Å². The molecule has 0 radical (unpaired) electrons. The summed E-state index contributed by atoms with van der Waals surface area (Å²) in [6, 6.07) is 16.0. The fraction of sp³-hybridized carbons (Fsp3) is 0.391. The van der Waals surface area contributed by atoms with Gasteiger partial charge in [-0.3, -0.25) is 9.59 Å². The molecule has 0 unspecified atom stereocenters. The van der Waals surface area contributed by atoms with E-state index in [4.69, 9.17) is 19.2 Å². The number of aromatic amines is 2. The van der Waals surface area contributed by atoms with Gasteiger partial charge in [0.2, 0.25) is 5.91 Å². The van der Waals surface area contributed by atoms with Gasteiger partial charge in [-0.2, -0.15) is 0 Å². The first-order valence-electron chi connectivity index (χ1n) is 20.8. The van der Waals surface area contributed by atoms with E-state index in [2.05, 4.69) is 42.5 Å². The van der Waals surface area contributed by atoms with Crippen molar-refractivity contribution in [2.45, 2.75) is 86.0 Å². The number of imidazole rings is 2. The van der Waals surface area contributed by atoms with Crippen LogP contribution in [0, 0.1) is 11.8 Å². The summed E-state index contributed by atoms with van der Waals surface area (Å²) < 4.78 is 22.4. The molecule has 4 heterocycles. The maximum Gasteiger partial charge on any atom is 0.407 e. The number of ether oxygens (including phenoxy) is 4. The van der Waals surface area contributed by atoms with Crippen LogP contribution >= 0.6 is 0 Å². The number of methoxy groups -OCH3 is 2. The maximum atomic E-state index is 14.3. The highest BCUT2D eigenvalue weighted by Crippen LogP contribution is 2.50. The molecule has 0 saturated heterocycles. The van der Waals surface area contributed by atoms with E-state index in [1.807, 2.05) is 71.9 Å². The topological polar surface area (TPSA) is 193 Å². The Bertz CT molecular complexity index is 2390. The van der Waals surface area contributed by atoms with Crippen LogP contribution in [-0.4, -0.2) is 86.6 Å². The molecule has 5 aromatic rings. The summed E-state index contributed by atoms with van der Waals surface area (Å²) >= 11 is 0. The van der Waals surface area contributed by atoms with Crippen LogP contribution in [0.4, 0.5) is 9.59 Å². The minimum absolute atomic E-state index is 0.115. The summed E-state index contributed by atoms with van der Waals surface area (Å²) in [6.07, 6.45) is 2.13. The van der Waals surface area contributed by atoms with E-state index < -0.39 is 18.2 Å². The van der Waals surface area contributed by atoms with Crippen LogP contribution in [0.15, 0.2) is 67.0 Å². The Labute approximate surface area is 360 Å². The highest BCUT2D eigenvalue weighted by molar-refractivity contribution is 5.89. The number of hydrogen-bond donors (Lipinski definition) is 4. The lowest BCUT2D eigenvalue weighted by Crippen LogP contribution is -2.48. The Hall–Kier alpha value is -6.84. The number of hydrogen-bond acceptors (Lipinski definition) is 10. The monoisotopic (exact) mass is 846 g/mol. The molecule has 4 N–H and O–H groups in total. The van der Waals surface area contributed by atoms with Crippen LogP contribution in [-0.2, 0) is 45.4 Å². The average molecular weight is 847 g/mol. The molecular weight excluding hydrogens is 793 g/mol. The van der Waals surface area contributed by atoms with E-state index in [-0.39, 0.29) is 55.4 Å². The first-order chi connectivity index (χ1) is 29.8. The molecule has 16 nitrogen and oxygen atoms in total. The number of carbonyl (C=O) groups is 4. The summed E-state index contributed by atoms with van der Waals surface area (Å²) in [5, 5.41) is 5.21. The lowest BCUT2D eigenvalue weighted by Gasteiger charge is -2.34. The Kier molecular flexibility index (Phi) is 12.8. The van der Waals surface area contributed by atoms with E-state index in [0.29, 0.717) is 30.4 Å². The van der Waals surface area contributed by atoms with E-state index >= 15 is 0 Å². The first-order valence-corrected chi connectivity index (χ1v) is 20.8. The second kappa shape index (κ2) is 18.4. The zero-order valence-electron chi connectivity index (χ0n) is 36.3. The van der Waals surface area contributed by atoms with Gasteiger partial charge in [0.15, 0.2) is 0 Å². The molecule has 3 atom stereocenters. The van der Waals surface area contributed by atoms with Crippen LogP contribution in [0.2, 0.25) is 0 Å². The lowest BCUT2D eigenvalue weighted by atomic mass is 9.87. The smallest absolute Gasteiger partial charge is 0.407 e. The van der Waals surface area contributed by atoms with Gasteiger partial charge >= 0.3 is 12.2 Å². The molecule has 3 aromatic carbocycles. The second-order valence-electron chi connectivity index (χ2n) is 16.4. The van der Waals surface area contributed by atoms with Gasteiger partial charge in [-0.15, -0.1) is 0 Å². The molecule has 0 bridgehead atoms. The highest BCUT2D eigenvalue weighted by atomic mass is 16.5. The third-order valence-electron chi connectivity index (χ3n) is 11.8. The largest absolute Gasteiger partial charge is 0.488 e. The summed E-state index contributed by atoms with van der Waals surface area (Å²) in [4.78, 5) is 71.1. The first kappa shape index (κ1) is 43.3. The van der Waals surface area contributed by atoms with Crippen molar-refractivity contribution in [3.05, 3.63) is 95.3 Å². The maximum absolute atomic E-state index is 14.3. The lowest BCUT2D eigenvalue weighted by molar-refractivity contribution is -0.137. The predicted octanol–water partition coefficient (Wildman–Crippen LogP) is 7.12. The SMILES string of the molecule is COC(=O)NCC(=O)N(Cc1ncc(-c2cc3c4c(c2)OCc2cc(-c5cnc(CN(C(=O)[C@H](NC(=O)OC)c6ccccc6)[C@H](C)C(C)C)[nH]5)cc(c2-4)OC3)[nH]1)[C@H](C)C(C)C. The quantitative estimate of drug-likeness (QED) is 0.0844. The number of nitrogens with one attached hydrogen (secondary N) is 4. The second-order valence-corrected chi connectivity index (χ2v) is 16.4. The van der Waals surface area contributed by atoms with Gasteiger partial charge in [-0.05, 0) is 55.5 Å². The van der Waals surface area contributed by atoms with Crippen LogP contribution in [0.5, 0.6) is 11.5 Å². The molecule has 0 fully saturated rings. The number of benzene rings is 3. The zero-order chi connectivity index (χ0) is 44.2. The van der Waals surface area contributed by atoms with Crippen molar-refractivity contribution >= 4 is 24.0 Å². The van der Waals surface area contributed by atoms with E-state index in [1.54, 1.807) is 34.3 Å². The van der Waals surface area contributed by atoms with Crippen molar-refractivity contribution in [2.75, 3.05) is 20.8 Å². The number of nitrogens with zero attached hydrogens (tertiary/aromatic N) is 4. The van der Waals surface area contributed by atoms with Crippen LogP contribution < -0.4 is 20.1 Å². The third kappa shape index (κ3) is 9.09. The standard InChI is InChI=1S/C46H54N8O8/c1-25(2)27(5)53(40(55)20-49-45(57)59-7)21-38-47-18-34(50-38)30-14-32-23-62-37-17-31(15-33-24-61-36(16-30)41(32)42(33)37)35-19-48-39(51-35)22-54(28(6)26(3)4)44(56)43(52-46(58)60-8)29-12-10-9-11-13-29/h9-19,25-28,43H,20-24H2,1-8H3,(H,47,50)(H,48,51)(H,49,57)(H,52,58)/t27-,28-,43-/m1/s1. The fourth-order valence-corrected chi connectivity index (χ4v) is 7.69. The molecule has 0 saturated carbocycles. The molecule has 0 aliphatic carbocycles. The Balaban J connectivity index is 1.11. The normalized spacial score (nSPS) is 13.8. The van der Waals surface area contributed by atoms with Crippen LogP contribution in [0.1, 0.15) is 75.9 Å². The van der Waals surface area contributed by atoms with Crippen LogP contribution in [0.3, 0.4) is 0 Å². The van der Waals surface area contributed by atoms with Crippen molar-refractivity contribution in [1.82, 2.24) is 40.4 Å². The van der Waals surface area contributed by atoms with E-state index in [0.717, 1.165) is 56.3 Å². The Morgan fingerprint density at radius 3 is 1.71 bits per heavy atom. The molecule has 0 spiro atoms. The van der Waals surface area contributed by atoms with Gasteiger partial charge in [-0.1, -0.05) is 58.0 Å². The molecule has 326 valence electrons. The summed E-state index contributed by atoms with van der Waals surface area (Å²) in [7, 11) is 2.53. The molecule has 62 heavy (non-hydrogen) atoms.